The SMILES string of the molecule is Nc1nc(NCCCCCCc2ccccc2)c(N=O)c(=O)[nH]1. The third kappa shape index (κ3) is 5.21. The normalized spacial score (nSPS) is 10.4. The first-order valence-corrected chi connectivity index (χ1v) is 7.71. The first-order valence-electron chi connectivity index (χ1n) is 7.71. The number of benzene rings is 1. The Bertz CT molecular complexity index is 685. The van der Waals surface area contributed by atoms with Gasteiger partial charge in [-0.3, -0.25) is 9.78 Å². The fraction of sp³-hybridized carbons (Fsp3) is 0.375. The first kappa shape index (κ1) is 16.7. The van der Waals surface area contributed by atoms with Gasteiger partial charge >= 0.3 is 0 Å². The molecule has 0 radical (unpaired) electrons. The van der Waals surface area contributed by atoms with Crippen LogP contribution in [0, 0.1) is 4.91 Å². The highest BCUT2D eigenvalue weighted by Gasteiger charge is 2.10. The molecule has 2 aromatic rings. The Balaban J connectivity index is 1.68. The van der Waals surface area contributed by atoms with E-state index in [1.54, 1.807) is 0 Å². The molecule has 0 spiro atoms. The number of nitrogens with two attached hydrogens (primary N) is 1. The average molecular weight is 315 g/mol. The maximum Gasteiger partial charge on any atom is 0.284 e. The highest BCUT2D eigenvalue weighted by molar-refractivity contribution is 5.60. The maximum absolute atomic E-state index is 11.5. The largest absolute Gasteiger partial charge is 0.369 e. The van der Waals surface area contributed by atoms with Crippen LogP contribution in [0.1, 0.15) is 31.2 Å². The van der Waals surface area contributed by atoms with Crippen LogP contribution in [0.4, 0.5) is 17.5 Å². The Hall–Kier alpha value is -2.70. The standard InChI is InChI=1S/C16H21N5O2/c17-16-19-14(13(21-23)15(22)20-16)18-11-7-2-1-4-8-12-9-5-3-6-10-12/h3,5-6,9-10H,1-2,4,7-8,11H2,(H4,17,18,19,20,22). The number of nitrogens with zero attached hydrogens (tertiary/aromatic N) is 2. The molecule has 0 bridgehead atoms. The Morgan fingerprint density at radius 1 is 1.13 bits per heavy atom. The van der Waals surface area contributed by atoms with E-state index in [-0.39, 0.29) is 17.5 Å². The van der Waals surface area contributed by atoms with E-state index >= 15 is 0 Å². The quantitative estimate of drug-likeness (QED) is 0.486. The van der Waals surface area contributed by atoms with E-state index in [1.165, 1.54) is 5.56 Å². The molecule has 0 atom stereocenters. The summed E-state index contributed by atoms with van der Waals surface area (Å²) in [7, 11) is 0. The number of unbranched alkanes of at least 4 members (excludes halogenated alkanes) is 3. The van der Waals surface area contributed by atoms with Crippen LogP contribution in [0.3, 0.4) is 0 Å². The third-order valence-corrected chi connectivity index (χ3v) is 3.53. The molecule has 0 fully saturated rings. The van der Waals surface area contributed by atoms with Gasteiger partial charge in [0.1, 0.15) is 0 Å². The third-order valence-electron chi connectivity index (χ3n) is 3.53. The Labute approximate surface area is 134 Å². The first-order chi connectivity index (χ1) is 11.2. The second kappa shape index (κ2) is 8.67. The van der Waals surface area contributed by atoms with Crippen LogP contribution in [0.25, 0.3) is 0 Å². The van der Waals surface area contributed by atoms with Gasteiger partial charge in [0.05, 0.1) is 0 Å². The number of aromatic amines is 1. The number of anilines is 2. The van der Waals surface area contributed by atoms with Crippen LogP contribution in [-0.2, 0) is 6.42 Å². The van der Waals surface area contributed by atoms with Crippen molar-refractivity contribution in [3.8, 4) is 0 Å². The fourth-order valence-electron chi connectivity index (χ4n) is 2.35. The van der Waals surface area contributed by atoms with Crippen molar-refractivity contribution in [1.82, 2.24) is 9.97 Å². The number of hydrogen-bond acceptors (Lipinski definition) is 6. The van der Waals surface area contributed by atoms with Gasteiger partial charge in [0, 0.05) is 6.54 Å². The lowest BCUT2D eigenvalue weighted by Gasteiger charge is -2.07. The number of nitrogens with one attached hydrogen (secondary N) is 2. The molecule has 122 valence electrons. The Morgan fingerprint density at radius 3 is 2.61 bits per heavy atom. The molecule has 4 N–H and O–H groups in total. The molecule has 1 aromatic carbocycles. The van der Waals surface area contributed by atoms with E-state index < -0.39 is 5.56 Å². The molecular weight excluding hydrogens is 294 g/mol. The number of nitroso groups, excluding NO2 is 1. The van der Waals surface area contributed by atoms with Crippen LogP contribution in [-0.4, -0.2) is 16.5 Å². The number of aryl methyl sites for hydroxylation is 1. The summed E-state index contributed by atoms with van der Waals surface area (Å²) >= 11 is 0. The lowest BCUT2D eigenvalue weighted by atomic mass is 10.1. The fourth-order valence-corrected chi connectivity index (χ4v) is 2.35. The molecule has 0 unspecified atom stereocenters. The van der Waals surface area contributed by atoms with E-state index in [4.69, 9.17) is 5.73 Å². The minimum absolute atomic E-state index is 0.0345. The summed E-state index contributed by atoms with van der Waals surface area (Å²) in [6.45, 7) is 0.615. The predicted molar refractivity (Wildman–Crippen MR) is 91.8 cm³/mol. The summed E-state index contributed by atoms with van der Waals surface area (Å²) in [5.41, 5.74) is 5.93. The van der Waals surface area contributed by atoms with E-state index in [1.807, 2.05) is 6.07 Å². The Kier molecular flexibility index (Phi) is 6.28. The van der Waals surface area contributed by atoms with Gasteiger partial charge in [0.25, 0.3) is 5.56 Å². The van der Waals surface area contributed by atoms with E-state index in [0.717, 1.165) is 32.1 Å². The molecule has 2 rings (SSSR count). The minimum atomic E-state index is -0.627. The molecule has 7 heteroatoms. The Morgan fingerprint density at radius 2 is 1.87 bits per heavy atom. The molecule has 23 heavy (non-hydrogen) atoms. The van der Waals surface area contributed by atoms with Gasteiger partial charge in [-0.1, -0.05) is 43.2 Å². The van der Waals surface area contributed by atoms with Crippen molar-refractivity contribution in [2.75, 3.05) is 17.6 Å². The van der Waals surface area contributed by atoms with Crippen LogP contribution < -0.4 is 16.6 Å². The van der Waals surface area contributed by atoms with Gasteiger partial charge in [0.2, 0.25) is 11.6 Å². The predicted octanol–water partition coefficient (Wildman–Crippen LogP) is 2.97. The van der Waals surface area contributed by atoms with Gasteiger partial charge in [-0.15, -0.1) is 4.91 Å². The van der Waals surface area contributed by atoms with E-state index in [0.29, 0.717) is 6.54 Å². The second-order valence-electron chi connectivity index (χ2n) is 5.32. The molecule has 0 aliphatic rings. The summed E-state index contributed by atoms with van der Waals surface area (Å²) in [6, 6.07) is 10.4. The number of nitrogen functional groups attached to an aromatic ring is 1. The van der Waals surface area contributed by atoms with Crippen molar-refractivity contribution in [3.05, 3.63) is 51.2 Å². The van der Waals surface area contributed by atoms with Crippen LogP contribution >= 0.6 is 0 Å². The van der Waals surface area contributed by atoms with Crippen molar-refractivity contribution in [3.63, 3.8) is 0 Å². The monoisotopic (exact) mass is 315 g/mol. The van der Waals surface area contributed by atoms with Crippen molar-refractivity contribution in [2.45, 2.75) is 32.1 Å². The molecular formula is C16H21N5O2. The topological polar surface area (TPSA) is 113 Å². The van der Waals surface area contributed by atoms with Crippen LogP contribution in [0.2, 0.25) is 0 Å². The minimum Gasteiger partial charge on any atom is -0.369 e. The summed E-state index contributed by atoms with van der Waals surface area (Å²) < 4.78 is 0. The van der Waals surface area contributed by atoms with E-state index in [9.17, 15) is 9.70 Å². The number of aromatic nitrogens is 2. The zero-order chi connectivity index (χ0) is 16.5. The maximum atomic E-state index is 11.5. The molecule has 1 aromatic heterocycles. The summed E-state index contributed by atoms with van der Waals surface area (Å²) in [5, 5.41) is 5.65. The van der Waals surface area contributed by atoms with Gasteiger partial charge < -0.3 is 11.1 Å². The van der Waals surface area contributed by atoms with Gasteiger partial charge in [-0.2, -0.15) is 4.98 Å². The van der Waals surface area contributed by atoms with Gasteiger partial charge in [-0.05, 0) is 30.0 Å². The van der Waals surface area contributed by atoms with Crippen LogP contribution in [0.15, 0.2) is 40.3 Å². The van der Waals surface area contributed by atoms with Crippen molar-refractivity contribution < 1.29 is 0 Å². The van der Waals surface area contributed by atoms with Gasteiger partial charge in [-0.25, -0.2) is 0 Å². The summed E-state index contributed by atoms with van der Waals surface area (Å²) in [5.74, 6) is 0.110. The van der Waals surface area contributed by atoms with E-state index in [2.05, 4.69) is 44.7 Å². The molecule has 1 heterocycles. The molecule has 0 saturated carbocycles. The number of rotatable bonds is 9. The van der Waals surface area contributed by atoms with Gasteiger partial charge in [0.15, 0.2) is 5.82 Å². The van der Waals surface area contributed by atoms with Crippen molar-refractivity contribution in [1.29, 1.82) is 0 Å². The molecule has 0 aliphatic carbocycles. The molecule has 7 nitrogen and oxygen atoms in total. The van der Waals surface area contributed by atoms with Crippen LogP contribution in [0.5, 0.6) is 0 Å². The van der Waals surface area contributed by atoms with Crippen molar-refractivity contribution in [2.24, 2.45) is 5.18 Å². The average Bonchev–Trinajstić information content (AvgIpc) is 2.54. The highest BCUT2D eigenvalue weighted by Crippen LogP contribution is 2.17. The summed E-state index contributed by atoms with van der Waals surface area (Å²) in [6.07, 6.45) is 5.32. The lowest BCUT2D eigenvalue weighted by molar-refractivity contribution is 0.654. The zero-order valence-electron chi connectivity index (χ0n) is 12.9. The highest BCUT2D eigenvalue weighted by atomic mass is 16.3. The summed E-state index contributed by atoms with van der Waals surface area (Å²) in [4.78, 5) is 28.3. The molecule has 0 amide bonds. The number of H-pyrrole nitrogens is 1. The van der Waals surface area contributed by atoms with Crippen molar-refractivity contribution >= 4 is 17.5 Å². The number of hydrogen-bond donors (Lipinski definition) is 3. The lowest BCUT2D eigenvalue weighted by Crippen LogP contribution is -2.15. The zero-order valence-corrected chi connectivity index (χ0v) is 12.9. The molecule has 0 saturated heterocycles. The second-order valence-corrected chi connectivity index (χ2v) is 5.32. The molecule has 0 aliphatic heterocycles. The smallest absolute Gasteiger partial charge is 0.284 e.